The van der Waals surface area contributed by atoms with Crippen molar-refractivity contribution in [2.24, 2.45) is 0 Å². The van der Waals surface area contributed by atoms with Gasteiger partial charge in [-0.1, -0.05) is 6.07 Å². The molecular weight excluding hydrogens is 392 g/mol. The highest BCUT2D eigenvalue weighted by molar-refractivity contribution is 9.11. The molecule has 0 atom stereocenters. The molecule has 1 heterocycles. The van der Waals surface area contributed by atoms with E-state index in [1.807, 2.05) is 12.1 Å². The minimum atomic E-state index is -3.78. The first kappa shape index (κ1) is 17.1. The molecule has 9 heteroatoms. The summed E-state index contributed by atoms with van der Waals surface area (Å²) in [6, 6.07) is 7.61. The zero-order valence-corrected chi connectivity index (χ0v) is 15.0. The lowest BCUT2D eigenvalue weighted by Gasteiger charge is -2.16. The van der Waals surface area contributed by atoms with E-state index in [9.17, 15) is 18.5 Å². The van der Waals surface area contributed by atoms with Crippen molar-refractivity contribution in [1.29, 1.82) is 0 Å². The number of nitrogens with zero attached hydrogens (tertiary/aromatic N) is 2. The third-order valence-corrected chi connectivity index (χ3v) is 6.50. The molecule has 0 radical (unpaired) electrons. The van der Waals surface area contributed by atoms with Crippen LogP contribution in [0.2, 0.25) is 0 Å². The second-order valence-corrected chi connectivity index (χ2v) is 9.26. The monoisotopic (exact) mass is 404 g/mol. The Hall–Kier alpha value is -1.29. The highest BCUT2D eigenvalue weighted by Crippen LogP contribution is 2.27. The van der Waals surface area contributed by atoms with Crippen LogP contribution < -0.4 is 0 Å². The van der Waals surface area contributed by atoms with E-state index in [2.05, 4.69) is 15.9 Å². The fourth-order valence-corrected chi connectivity index (χ4v) is 4.66. The maximum absolute atomic E-state index is 12.5. The number of nitro benzene ring substituents is 1. The van der Waals surface area contributed by atoms with Crippen LogP contribution in [0.5, 0.6) is 0 Å². The lowest BCUT2D eigenvalue weighted by molar-refractivity contribution is -0.385. The Morgan fingerprint density at radius 1 is 1.32 bits per heavy atom. The maximum Gasteiger partial charge on any atom is 0.273 e. The largest absolute Gasteiger partial charge is 0.273 e. The van der Waals surface area contributed by atoms with Crippen LogP contribution in [0.4, 0.5) is 5.69 Å². The summed E-state index contributed by atoms with van der Waals surface area (Å²) in [5.74, 6) is 0. The molecule has 22 heavy (non-hydrogen) atoms. The van der Waals surface area contributed by atoms with Crippen LogP contribution in [0.1, 0.15) is 10.4 Å². The third-order valence-electron chi connectivity index (χ3n) is 3.09. The van der Waals surface area contributed by atoms with Gasteiger partial charge in [0.25, 0.3) is 5.69 Å². The third kappa shape index (κ3) is 3.54. The smallest absolute Gasteiger partial charge is 0.258 e. The molecule has 2 aromatic rings. The van der Waals surface area contributed by atoms with Crippen molar-refractivity contribution in [3.63, 3.8) is 0 Å². The molecule has 0 amide bonds. The van der Waals surface area contributed by atoms with Crippen LogP contribution in [-0.4, -0.2) is 24.7 Å². The lowest BCUT2D eigenvalue weighted by Crippen LogP contribution is -2.26. The van der Waals surface area contributed by atoms with Gasteiger partial charge in [-0.2, -0.15) is 4.31 Å². The van der Waals surface area contributed by atoms with E-state index in [0.717, 1.165) is 14.7 Å². The summed E-state index contributed by atoms with van der Waals surface area (Å²) >= 11 is 4.77. The van der Waals surface area contributed by atoms with Crippen LogP contribution in [0.25, 0.3) is 0 Å². The number of hydrogen-bond donors (Lipinski definition) is 0. The molecule has 1 aromatic heterocycles. The van der Waals surface area contributed by atoms with E-state index < -0.39 is 14.9 Å². The number of sulfonamides is 1. The molecule has 0 aliphatic heterocycles. The van der Waals surface area contributed by atoms with Gasteiger partial charge in [-0.25, -0.2) is 8.42 Å². The molecule has 118 valence electrons. The van der Waals surface area contributed by atoms with Gasteiger partial charge in [-0.3, -0.25) is 10.1 Å². The molecule has 0 N–H and O–H groups in total. The van der Waals surface area contributed by atoms with Gasteiger partial charge in [0, 0.05) is 30.1 Å². The zero-order chi connectivity index (χ0) is 16.5. The fraction of sp³-hybridized carbons (Fsp3) is 0.231. The average molecular weight is 405 g/mol. The summed E-state index contributed by atoms with van der Waals surface area (Å²) in [6.45, 7) is 1.78. The number of rotatable bonds is 5. The Labute approximate surface area is 140 Å². The molecule has 0 bridgehead atoms. The summed E-state index contributed by atoms with van der Waals surface area (Å²) < 4.78 is 27.1. The van der Waals surface area contributed by atoms with Crippen molar-refractivity contribution in [1.82, 2.24) is 4.31 Å². The molecule has 1 aromatic carbocycles. The second kappa shape index (κ2) is 6.45. The predicted octanol–water partition coefficient (Wildman–Crippen LogP) is 3.55. The van der Waals surface area contributed by atoms with Gasteiger partial charge in [-0.15, -0.1) is 11.3 Å². The van der Waals surface area contributed by atoms with Crippen molar-refractivity contribution >= 4 is 43.0 Å². The molecule has 0 unspecified atom stereocenters. The molecule has 0 aliphatic rings. The molecule has 6 nitrogen and oxygen atoms in total. The van der Waals surface area contributed by atoms with Crippen molar-refractivity contribution < 1.29 is 13.3 Å². The van der Waals surface area contributed by atoms with E-state index in [0.29, 0.717) is 5.56 Å². The summed E-state index contributed by atoms with van der Waals surface area (Å²) in [5.41, 5.74) is 0.224. The van der Waals surface area contributed by atoms with Crippen LogP contribution >= 0.6 is 27.3 Å². The SMILES string of the molecule is Cc1ccc(S(=O)(=O)N(C)Cc2ccc(Br)s2)cc1[N+](=O)[O-]. The second-order valence-electron chi connectivity index (χ2n) is 4.67. The van der Waals surface area contributed by atoms with Crippen molar-refractivity contribution in [2.75, 3.05) is 7.05 Å². The summed E-state index contributed by atoms with van der Waals surface area (Å²) in [5, 5.41) is 11.0. The number of halogens is 1. The predicted molar refractivity (Wildman–Crippen MR) is 88.5 cm³/mol. The number of aryl methyl sites for hydroxylation is 1. The van der Waals surface area contributed by atoms with E-state index >= 15 is 0 Å². The quantitative estimate of drug-likeness (QED) is 0.563. The van der Waals surface area contributed by atoms with Crippen molar-refractivity contribution in [3.05, 3.63) is 54.7 Å². The number of thiophene rings is 1. The van der Waals surface area contributed by atoms with Crippen LogP contribution in [0, 0.1) is 17.0 Å². The van der Waals surface area contributed by atoms with Gasteiger partial charge in [0.1, 0.15) is 0 Å². The van der Waals surface area contributed by atoms with Crippen molar-refractivity contribution in [3.8, 4) is 0 Å². The molecule has 0 spiro atoms. The maximum atomic E-state index is 12.5. The van der Waals surface area contributed by atoms with Crippen molar-refractivity contribution in [2.45, 2.75) is 18.4 Å². The highest BCUT2D eigenvalue weighted by Gasteiger charge is 2.24. The normalized spacial score (nSPS) is 11.8. The summed E-state index contributed by atoms with van der Waals surface area (Å²) in [7, 11) is -2.33. The van der Waals surface area contributed by atoms with E-state index in [1.165, 1.54) is 34.8 Å². The standard InChI is InChI=1S/C13H13BrN2O4S2/c1-9-3-5-11(7-12(9)16(17)18)22(19,20)15(2)8-10-4-6-13(14)21-10/h3-7H,8H2,1-2H3. The molecule has 2 rings (SSSR count). The summed E-state index contributed by atoms with van der Waals surface area (Å²) in [4.78, 5) is 11.2. The van der Waals surface area contributed by atoms with Gasteiger partial charge in [0.15, 0.2) is 0 Å². The first-order chi connectivity index (χ1) is 10.2. The minimum absolute atomic E-state index is 0.0806. The average Bonchev–Trinajstić information content (AvgIpc) is 2.84. The Bertz CT molecular complexity index is 817. The minimum Gasteiger partial charge on any atom is -0.258 e. The fourth-order valence-electron chi connectivity index (χ4n) is 1.87. The van der Waals surface area contributed by atoms with Gasteiger partial charge >= 0.3 is 0 Å². The van der Waals surface area contributed by atoms with Gasteiger partial charge in [0.05, 0.1) is 13.6 Å². The first-order valence-electron chi connectivity index (χ1n) is 6.17. The molecule has 0 saturated heterocycles. The topological polar surface area (TPSA) is 80.5 Å². The lowest BCUT2D eigenvalue weighted by atomic mass is 10.2. The van der Waals surface area contributed by atoms with Crippen LogP contribution in [-0.2, 0) is 16.6 Å². The Balaban J connectivity index is 2.33. The number of nitro groups is 1. The molecular formula is C13H13BrN2O4S2. The molecule has 0 aliphatic carbocycles. The van der Waals surface area contributed by atoms with Gasteiger partial charge in [0.2, 0.25) is 10.0 Å². The van der Waals surface area contributed by atoms with Crippen LogP contribution in [0.3, 0.4) is 0 Å². The summed E-state index contributed by atoms with van der Waals surface area (Å²) in [6.07, 6.45) is 0. The number of hydrogen-bond acceptors (Lipinski definition) is 5. The van der Waals surface area contributed by atoms with E-state index in [-0.39, 0.29) is 17.1 Å². The van der Waals surface area contributed by atoms with E-state index in [4.69, 9.17) is 0 Å². The highest BCUT2D eigenvalue weighted by atomic mass is 79.9. The Kier molecular flexibility index (Phi) is 5.00. The Morgan fingerprint density at radius 3 is 2.55 bits per heavy atom. The number of benzene rings is 1. The van der Waals surface area contributed by atoms with Crippen LogP contribution in [0.15, 0.2) is 39.0 Å². The first-order valence-corrected chi connectivity index (χ1v) is 9.22. The van der Waals surface area contributed by atoms with Gasteiger partial charge < -0.3 is 0 Å². The molecule has 0 fully saturated rings. The molecule has 0 saturated carbocycles. The Morgan fingerprint density at radius 2 is 2.00 bits per heavy atom. The van der Waals surface area contributed by atoms with E-state index in [1.54, 1.807) is 6.92 Å². The zero-order valence-electron chi connectivity index (χ0n) is 11.8. The van der Waals surface area contributed by atoms with Gasteiger partial charge in [-0.05, 0) is 41.1 Å².